The second kappa shape index (κ2) is 9.55. The van der Waals surface area contributed by atoms with E-state index in [-0.39, 0.29) is 5.78 Å². The first-order valence-electron chi connectivity index (χ1n) is 9.82. The van der Waals surface area contributed by atoms with Crippen LogP contribution in [0, 0.1) is 0 Å². The van der Waals surface area contributed by atoms with Gasteiger partial charge >= 0.3 is 0 Å². The Balaban J connectivity index is 1.40. The van der Waals surface area contributed by atoms with Crippen molar-refractivity contribution in [2.75, 3.05) is 0 Å². The number of Topliss-reactive ketones (excluding diaryl/α,β-unsaturated/α-hetero) is 1. The molecule has 4 aromatic rings. The lowest BCUT2D eigenvalue weighted by Crippen LogP contribution is -2.20. The van der Waals surface area contributed by atoms with E-state index in [9.17, 15) is 4.79 Å². The van der Waals surface area contributed by atoms with E-state index in [1.54, 1.807) is 12.1 Å². The highest BCUT2D eigenvalue weighted by Crippen LogP contribution is 2.25. The zero-order valence-corrected chi connectivity index (χ0v) is 18.0. The number of ketones is 1. The molecule has 0 fully saturated rings. The van der Waals surface area contributed by atoms with Gasteiger partial charge in [0, 0.05) is 5.56 Å². The van der Waals surface area contributed by atoms with Crippen LogP contribution in [0.2, 0.25) is 0 Å². The molecule has 0 aliphatic carbocycles. The van der Waals surface area contributed by atoms with Crippen molar-refractivity contribution in [3.63, 3.8) is 0 Å². The molecule has 4 rings (SSSR count). The lowest BCUT2D eigenvalue weighted by molar-refractivity contribution is 0.0897. The third-order valence-corrected chi connectivity index (χ3v) is 5.50. The first-order valence-corrected chi connectivity index (χ1v) is 10.7. The van der Waals surface area contributed by atoms with Gasteiger partial charge in [-0.1, -0.05) is 97.1 Å². The Labute approximate surface area is 185 Å². The Kier molecular flexibility index (Phi) is 6.41. The molecule has 0 spiro atoms. The number of hydrogen-bond acceptors (Lipinski definition) is 2. The monoisotopic (exact) mass is 456 g/mol. The van der Waals surface area contributed by atoms with Crippen molar-refractivity contribution in [1.29, 1.82) is 0 Å². The van der Waals surface area contributed by atoms with Gasteiger partial charge in [0.05, 0.1) is 0 Å². The van der Waals surface area contributed by atoms with Gasteiger partial charge in [0.2, 0.25) is 10.8 Å². The maximum Gasteiger partial charge on any atom is 0.215 e. The summed E-state index contributed by atoms with van der Waals surface area (Å²) in [6.45, 7) is 0. The minimum absolute atomic E-state index is 0.103. The van der Waals surface area contributed by atoms with E-state index >= 15 is 0 Å². The molecule has 0 aromatic heterocycles. The van der Waals surface area contributed by atoms with Crippen LogP contribution in [0.4, 0.5) is 0 Å². The Morgan fingerprint density at radius 1 is 0.667 bits per heavy atom. The van der Waals surface area contributed by atoms with E-state index in [1.807, 2.05) is 48.5 Å². The van der Waals surface area contributed by atoms with Crippen molar-refractivity contribution in [2.45, 2.75) is 11.4 Å². The molecule has 0 amide bonds. The Morgan fingerprint density at radius 2 is 1.17 bits per heavy atom. The van der Waals surface area contributed by atoms with E-state index in [0.29, 0.717) is 11.3 Å². The fourth-order valence-electron chi connectivity index (χ4n) is 3.28. The summed E-state index contributed by atoms with van der Waals surface area (Å²) in [7, 11) is 0. The average molecular weight is 457 g/mol. The summed E-state index contributed by atoms with van der Waals surface area (Å²) in [5.41, 5.74) is 5.46. The van der Waals surface area contributed by atoms with Gasteiger partial charge in [-0.3, -0.25) is 4.79 Å². The Bertz CT molecular complexity index is 1090. The van der Waals surface area contributed by atoms with E-state index in [1.165, 1.54) is 11.1 Å². The molecule has 4 aromatic carbocycles. The third-order valence-electron chi connectivity index (χ3n) is 4.90. The van der Waals surface area contributed by atoms with Crippen molar-refractivity contribution in [2.24, 2.45) is 0 Å². The molecule has 0 saturated heterocycles. The van der Waals surface area contributed by atoms with Crippen LogP contribution < -0.4 is 4.74 Å². The van der Waals surface area contributed by atoms with Crippen LogP contribution in [0.25, 0.3) is 11.1 Å². The standard InChI is InChI=1S/C27H21BrO2/c28-27(26(29)24-9-5-2-6-10-24)30-25-17-15-23(16-18-25)22-13-11-21(12-14-22)19-20-7-3-1-4-8-20/h1-18,27H,19H2. The summed E-state index contributed by atoms with van der Waals surface area (Å²) < 4.78 is 5.77. The van der Waals surface area contributed by atoms with Gasteiger partial charge in [-0.25, -0.2) is 0 Å². The molecule has 1 atom stereocenters. The lowest BCUT2D eigenvalue weighted by atomic mass is 10.0. The molecular formula is C27H21BrO2. The predicted molar refractivity (Wildman–Crippen MR) is 125 cm³/mol. The summed E-state index contributed by atoms with van der Waals surface area (Å²) in [6.07, 6.45) is 0.927. The highest BCUT2D eigenvalue weighted by molar-refractivity contribution is 9.09. The smallest absolute Gasteiger partial charge is 0.215 e. The third kappa shape index (κ3) is 5.05. The number of rotatable bonds is 7. The van der Waals surface area contributed by atoms with Crippen molar-refractivity contribution in [1.82, 2.24) is 0 Å². The van der Waals surface area contributed by atoms with Crippen molar-refractivity contribution < 1.29 is 9.53 Å². The van der Waals surface area contributed by atoms with Gasteiger partial charge in [-0.05, 0) is 56.7 Å². The SMILES string of the molecule is O=C(c1ccccc1)C(Br)Oc1ccc(-c2ccc(Cc3ccccc3)cc2)cc1. The molecule has 0 bridgehead atoms. The molecule has 148 valence electrons. The second-order valence-electron chi connectivity index (χ2n) is 7.05. The number of ether oxygens (including phenoxy) is 1. The zero-order chi connectivity index (χ0) is 20.8. The van der Waals surface area contributed by atoms with Crippen molar-refractivity contribution in [3.05, 3.63) is 126 Å². The first kappa shape index (κ1) is 20.1. The number of halogens is 1. The Hall–Kier alpha value is -3.17. The molecule has 0 N–H and O–H groups in total. The number of carbonyl (C=O) groups is 1. The number of alkyl halides is 1. The maximum atomic E-state index is 12.4. The molecule has 2 nitrogen and oxygen atoms in total. The molecule has 0 radical (unpaired) electrons. The van der Waals surface area contributed by atoms with Gasteiger partial charge in [0.25, 0.3) is 0 Å². The van der Waals surface area contributed by atoms with E-state index in [4.69, 9.17) is 4.74 Å². The summed E-state index contributed by atoms with van der Waals surface area (Å²) in [6, 6.07) is 36.0. The number of carbonyl (C=O) groups excluding carboxylic acids is 1. The van der Waals surface area contributed by atoms with E-state index in [0.717, 1.165) is 17.5 Å². The van der Waals surface area contributed by atoms with Crippen LogP contribution in [0.15, 0.2) is 109 Å². The normalized spacial score (nSPS) is 11.6. The molecule has 30 heavy (non-hydrogen) atoms. The van der Waals surface area contributed by atoms with Gasteiger partial charge in [0.15, 0.2) is 0 Å². The fraction of sp³-hybridized carbons (Fsp3) is 0.0741. The summed E-state index contributed by atoms with van der Waals surface area (Å²) in [5.74, 6) is 0.541. The first-order chi connectivity index (χ1) is 14.7. The van der Waals surface area contributed by atoms with Gasteiger partial charge in [0.1, 0.15) is 5.75 Å². The van der Waals surface area contributed by atoms with Crippen LogP contribution in [0.5, 0.6) is 5.75 Å². The molecule has 1 unspecified atom stereocenters. The van der Waals surface area contributed by atoms with Crippen LogP contribution in [0.3, 0.4) is 0 Å². The van der Waals surface area contributed by atoms with Gasteiger partial charge < -0.3 is 4.74 Å². The van der Waals surface area contributed by atoms with E-state index < -0.39 is 5.01 Å². The van der Waals surface area contributed by atoms with Crippen LogP contribution in [-0.2, 0) is 6.42 Å². The average Bonchev–Trinajstić information content (AvgIpc) is 2.81. The molecule has 0 aliphatic heterocycles. The summed E-state index contributed by atoms with van der Waals surface area (Å²) in [5, 5.41) is -0.719. The summed E-state index contributed by atoms with van der Waals surface area (Å²) >= 11 is 3.34. The molecule has 0 saturated carbocycles. The van der Waals surface area contributed by atoms with Crippen LogP contribution in [0.1, 0.15) is 21.5 Å². The fourth-order valence-corrected chi connectivity index (χ4v) is 3.76. The lowest BCUT2D eigenvalue weighted by Gasteiger charge is -2.13. The number of benzene rings is 4. The van der Waals surface area contributed by atoms with Gasteiger partial charge in [-0.2, -0.15) is 0 Å². The Morgan fingerprint density at radius 3 is 1.77 bits per heavy atom. The summed E-state index contributed by atoms with van der Waals surface area (Å²) in [4.78, 5) is 12.4. The minimum atomic E-state index is -0.719. The van der Waals surface area contributed by atoms with Crippen molar-refractivity contribution in [3.8, 4) is 16.9 Å². The van der Waals surface area contributed by atoms with Crippen LogP contribution in [-0.4, -0.2) is 10.8 Å². The van der Waals surface area contributed by atoms with Crippen LogP contribution >= 0.6 is 15.9 Å². The molecule has 0 aliphatic rings. The molecule has 0 heterocycles. The van der Waals surface area contributed by atoms with Crippen molar-refractivity contribution >= 4 is 21.7 Å². The van der Waals surface area contributed by atoms with Gasteiger partial charge in [-0.15, -0.1) is 0 Å². The molecular weight excluding hydrogens is 436 g/mol. The molecule has 3 heteroatoms. The second-order valence-corrected chi connectivity index (χ2v) is 7.88. The topological polar surface area (TPSA) is 26.3 Å². The number of hydrogen-bond donors (Lipinski definition) is 0. The maximum absolute atomic E-state index is 12.4. The highest BCUT2D eigenvalue weighted by atomic mass is 79.9. The zero-order valence-electron chi connectivity index (χ0n) is 16.4. The predicted octanol–water partition coefficient (Wildman–Crippen LogP) is 6.93. The largest absolute Gasteiger partial charge is 0.471 e. The van der Waals surface area contributed by atoms with E-state index in [2.05, 4.69) is 64.5 Å². The highest BCUT2D eigenvalue weighted by Gasteiger charge is 2.18. The minimum Gasteiger partial charge on any atom is -0.471 e. The quantitative estimate of drug-likeness (QED) is 0.222.